The molecule has 1 heteroatoms. The van der Waals surface area contributed by atoms with Crippen molar-refractivity contribution in [2.45, 2.75) is 32.1 Å². The molecule has 0 nitrogen and oxygen atoms in total. The molecule has 0 unspecified atom stereocenters. The Kier molecular flexibility index (Phi) is 3.07. The predicted molar refractivity (Wildman–Crippen MR) is 49.3 cm³/mol. The molecule has 10 heavy (non-hydrogen) atoms. The number of rotatable bonds is 2. The molecule has 0 heterocycles. The first kappa shape index (κ1) is 7.93. The van der Waals surface area contributed by atoms with Gasteiger partial charge in [0.05, 0.1) is 0 Å². The molecule has 56 valence electrons. The smallest absolute Gasteiger partial charge is 0.0131 e. The monoisotopic (exact) mass is 154 g/mol. The van der Waals surface area contributed by atoms with Crippen molar-refractivity contribution in [2.24, 2.45) is 0 Å². The van der Waals surface area contributed by atoms with E-state index in [1.807, 2.05) is 6.08 Å². The van der Waals surface area contributed by atoms with Crippen LogP contribution in [0.2, 0.25) is 0 Å². The minimum absolute atomic E-state index is 1.04. The average Bonchev–Trinajstić information content (AvgIpc) is 1.94. The van der Waals surface area contributed by atoms with Gasteiger partial charge in [-0.2, -0.15) is 0 Å². The molecule has 0 aliphatic heterocycles. The van der Waals surface area contributed by atoms with Crippen molar-refractivity contribution in [1.29, 1.82) is 0 Å². The van der Waals surface area contributed by atoms with Crippen LogP contribution in [0.5, 0.6) is 0 Å². The van der Waals surface area contributed by atoms with Crippen molar-refractivity contribution < 1.29 is 0 Å². The Hall–Kier alpha value is -0.170. The molecule has 0 radical (unpaired) electrons. The Bertz CT molecular complexity index is 156. The lowest BCUT2D eigenvalue weighted by molar-refractivity contribution is 0.685. The summed E-state index contributed by atoms with van der Waals surface area (Å²) >= 11 is 4.42. The van der Waals surface area contributed by atoms with E-state index in [1.165, 1.54) is 36.2 Å². The summed E-state index contributed by atoms with van der Waals surface area (Å²) in [6.07, 6.45) is 8.10. The Morgan fingerprint density at radius 1 is 1.40 bits per heavy atom. The van der Waals surface area contributed by atoms with Gasteiger partial charge in [-0.05, 0) is 37.0 Å². The summed E-state index contributed by atoms with van der Waals surface area (Å²) in [4.78, 5) is 1.31. The number of hydrogen-bond donors (Lipinski definition) is 1. The van der Waals surface area contributed by atoms with Crippen LogP contribution in [0.25, 0.3) is 0 Å². The highest BCUT2D eigenvalue weighted by Gasteiger charge is 2.07. The minimum Gasteiger partial charge on any atom is -0.148 e. The van der Waals surface area contributed by atoms with E-state index in [9.17, 15) is 0 Å². The van der Waals surface area contributed by atoms with E-state index in [0.29, 0.717) is 0 Å². The van der Waals surface area contributed by atoms with E-state index in [2.05, 4.69) is 19.2 Å². The first-order valence-corrected chi connectivity index (χ1v) is 4.30. The first-order valence-electron chi connectivity index (χ1n) is 3.85. The molecule has 0 N–H and O–H groups in total. The zero-order chi connectivity index (χ0) is 7.40. The third-order valence-electron chi connectivity index (χ3n) is 1.94. The van der Waals surface area contributed by atoms with Crippen LogP contribution >= 0.6 is 12.6 Å². The highest BCUT2D eigenvalue weighted by molar-refractivity contribution is 7.84. The van der Waals surface area contributed by atoms with Gasteiger partial charge in [-0.3, -0.25) is 0 Å². The van der Waals surface area contributed by atoms with Crippen LogP contribution in [0.1, 0.15) is 32.1 Å². The molecule has 0 spiro atoms. The number of thiol groups is 1. The Labute approximate surface area is 68.4 Å². The molecule has 1 rings (SSSR count). The average molecular weight is 154 g/mol. The Balaban J connectivity index is 2.58. The van der Waals surface area contributed by atoms with E-state index in [4.69, 9.17) is 0 Å². The van der Waals surface area contributed by atoms with Gasteiger partial charge in [0.2, 0.25) is 0 Å². The molecule has 0 aromatic heterocycles. The molecule has 0 saturated heterocycles. The van der Waals surface area contributed by atoms with Gasteiger partial charge in [0.25, 0.3) is 0 Å². The lowest BCUT2D eigenvalue weighted by Crippen LogP contribution is -1.94. The molecule has 0 atom stereocenters. The van der Waals surface area contributed by atoms with Crippen LogP contribution in [-0.2, 0) is 0 Å². The van der Waals surface area contributed by atoms with Crippen molar-refractivity contribution in [3.63, 3.8) is 0 Å². The van der Waals surface area contributed by atoms with Gasteiger partial charge in [0.1, 0.15) is 0 Å². The van der Waals surface area contributed by atoms with Crippen LogP contribution in [0, 0.1) is 0 Å². The van der Waals surface area contributed by atoms with Gasteiger partial charge in [-0.1, -0.05) is 11.6 Å². The molecule has 0 aromatic rings. The van der Waals surface area contributed by atoms with Crippen LogP contribution in [0.15, 0.2) is 23.1 Å². The van der Waals surface area contributed by atoms with E-state index in [-0.39, 0.29) is 0 Å². The maximum Gasteiger partial charge on any atom is -0.0131 e. The Morgan fingerprint density at radius 3 is 2.70 bits per heavy atom. The molecule has 0 amide bonds. The van der Waals surface area contributed by atoms with Gasteiger partial charge >= 0.3 is 0 Å². The van der Waals surface area contributed by atoms with Crippen molar-refractivity contribution in [3.05, 3.63) is 23.1 Å². The van der Waals surface area contributed by atoms with Crippen molar-refractivity contribution in [3.8, 4) is 0 Å². The second kappa shape index (κ2) is 3.87. The van der Waals surface area contributed by atoms with Gasteiger partial charge < -0.3 is 0 Å². The largest absolute Gasteiger partial charge is 0.148 e. The second-order valence-electron chi connectivity index (χ2n) is 2.75. The predicted octanol–water partition coefficient (Wildman–Crippen LogP) is 3.32. The van der Waals surface area contributed by atoms with Gasteiger partial charge in [-0.25, -0.2) is 0 Å². The van der Waals surface area contributed by atoms with E-state index in [1.54, 1.807) is 0 Å². The van der Waals surface area contributed by atoms with Crippen molar-refractivity contribution in [1.82, 2.24) is 0 Å². The standard InChI is InChI=1S/C9H14S/c1-2-5-8-6-3-4-7-9(8)10/h2,10H,1,3-7H2. The van der Waals surface area contributed by atoms with Crippen LogP contribution in [0.3, 0.4) is 0 Å². The van der Waals surface area contributed by atoms with E-state index < -0.39 is 0 Å². The highest BCUT2D eigenvalue weighted by atomic mass is 32.1. The third kappa shape index (κ3) is 1.91. The SMILES string of the molecule is C=CCC1=C(S)CCCC1. The summed E-state index contributed by atoms with van der Waals surface area (Å²) in [7, 11) is 0. The second-order valence-corrected chi connectivity index (χ2v) is 3.29. The summed E-state index contributed by atoms with van der Waals surface area (Å²) < 4.78 is 0. The van der Waals surface area contributed by atoms with Gasteiger partial charge in [0, 0.05) is 0 Å². The van der Waals surface area contributed by atoms with Gasteiger partial charge in [0.15, 0.2) is 0 Å². The third-order valence-corrected chi connectivity index (χ3v) is 2.48. The van der Waals surface area contributed by atoms with E-state index in [0.717, 1.165) is 6.42 Å². The van der Waals surface area contributed by atoms with Gasteiger partial charge in [-0.15, -0.1) is 19.2 Å². The number of hydrogen-bond acceptors (Lipinski definition) is 1. The van der Waals surface area contributed by atoms with Crippen LogP contribution in [-0.4, -0.2) is 0 Å². The maximum absolute atomic E-state index is 4.42. The summed E-state index contributed by atoms with van der Waals surface area (Å²) in [5.41, 5.74) is 1.50. The summed E-state index contributed by atoms with van der Waals surface area (Å²) in [6, 6.07) is 0. The normalized spacial score (nSPS) is 19.3. The molecular formula is C9H14S. The molecular weight excluding hydrogens is 140 g/mol. The zero-order valence-electron chi connectivity index (χ0n) is 6.27. The molecule has 0 saturated carbocycles. The molecule has 0 aromatic carbocycles. The summed E-state index contributed by atoms with van der Waals surface area (Å²) in [5.74, 6) is 0. The van der Waals surface area contributed by atoms with E-state index >= 15 is 0 Å². The highest BCUT2D eigenvalue weighted by Crippen LogP contribution is 2.28. The summed E-state index contributed by atoms with van der Waals surface area (Å²) in [5, 5.41) is 0. The fraction of sp³-hybridized carbons (Fsp3) is 0.556. The van der Waals surface area contributed by atoms with Crippen molar-refractivity contribution in [2.75, 3.05) is 0 Å². The maximum atomic E-state index is 4.42. The van der Waals surface area contributed by atoms with Crippen molar-refractivity contribution >= 4 is 12.6 Å². The lowest BCUT2D eigenvalue weighted by Gasteiger charge is -2.14. The lowest BCUT2D eigenvalue weighted by atomic mass is 9.97. The van der Waals surface area contributed by atoms with Crippen LogP contribution in [0.4, 0.5) is 0 Å². The topological polar surface area (TPSA) is 0 Å². The molecule has 0 fully saturated rings. The first-order chi connectivity index (χ1) is 4.84. The molecule has 0 bridgehead atoms. The fourth-order valence-electron chi connectivity index (χ4n) is 1.35. The summed E-state index contributed by atoms with van der Waals surface area (Å²) in [6.45, 7) is 3.72. The molecule has 1 aliphatic rings. The quantitative estimate of drug-likeness (QED) is 0.458. The number of allylic oxidation sites excluding steroid dienone is 3. The zero-order valence-corrected chi connectivity index (χ0v) is 7.16. The molecule has 1 aliphatic carbocycles. The minimum atomic E-state index is 1.04. The van der Waals surface area contributed by atoms with Crippen LogP contribution < -0.4 is 0 Å². The Morgan fingerprint density at radius 2 is 2.10 bits per heavy atom. The fourth-order valence-corrected chi connectivity index (χ4v) is 1.71.